The Morgan fingerprint density at radius 2 is 2.09 bits per heavy atom. The summed E-state index contributed by atoms with van der Waals surface area (Å²) in [6.07, 6.45) is 3.24. The van der Waals surface area contributed by atoms with Crippen molar-refractivity contribution in [1.29, 1.82) is 0 Å². The molecule has 2 heterocycles. The van der Waals surface area contributed by atoms with E-state index in [9.17, 15) is 13.5 Å². The summed E-state index contributed by atoms with van der Waals surface area (Å²) in [5.41, 5.74) is 2.02. The Morgan fingerprint density at radius 1 is 1.39 bits per heavy atom. The molecule has 0 saturated heterocycles. The zero-order valence-electron chi connectivity index (χ0n) is 12.3. The summed E-state index contributed by atoms with van der Waals surface area (Å²) in [7, 11) is -1.71. The number of aromatic amines is 2. The standard InChI is InChI=1S/C14H14ClN3O3S2/c1-18-13(19)11(17-14(18)22)3-7-6-16-12-9(7)4-8(5-10(12)15)23(2,20)21/h4-6,16,19H,3H2,1-2H3,(H,17,22). The summed E-state index contributed by atoms with van der Waals surface area (Å²) in [5, 5.41) is 11.1. The van der Waals surface area contributed by atoms with E-state index in [-0.39, 0.29) is 10.8 Å². The Balaban J connectivity index is 2.17. The van der Waals surface area contributed by atoms with Gasteiger partial charge in [0, 0.05) is 31.3 Å². The first-order valence-electron chi connectivity index (χ1n) is 6.65. The summed E-state index contributed by atoms with van der Waals surface area (Å²) in [6, 6.07) is 3.00. The van der Waals surface area contributed by atoms with Crippen LogP contribution >= 0.6 is 23.8 Å². The van der Waals surface area contributed by atoms with Gasteiger partial charge in [0.2, 0.25) is 5.88 Å². The number of halogens is 1. The lowest BCUT2D eigenvalue weighted by molar-refractivity contribution is 0.426. The maximum Gasteiger partial charge on any atom is 0.213 e. The molecule has 0 spiro atoms. The van der Waals surface area contributed by atoms with Crippen molar-refractivity contribution in [1.82, 2.24) is 14.5 Å². The largest absolute Gasteiger partial charge is 0.493 e. The minimum absolute atomic E-state index is 0.0507. The van der Waals surface area contributed by atoms with Crippen LogP contribution in [0.4, 0.5) is 0 Å². The molecule has 0 aliphatic carbocycles. The van der Waals surface area contributed by atoms with E-state index >= 15 is 0 Å². The van der Waals surface area contributed by atoms with Gasteiger partial charge in [-0.1, -0.05) is 11.6 Å². The van der Waals surface area contributed by atoms with Crippen molar-refractivity contribution in [2.45, 2.75) is 11.3 Å². The molecular formula is C14H14ClN3O3S2. The Bertz CT molecular complexity index is 1080. The molecule has 122 valence electrons. The fourth-order valence-electron chi connectivity index (χ4n) is 2.46. The third kappa shape index (κ3) is 2.77. The molecule has 0 aliphatic rings. The maximum atomic E-state index is 11.8. The van der Waals surface area contributed by atoms with Crippen LogP contribution in [0.25, 0.3) is 10.9 Å². The first kappa shape index (κ1) is 16.1. The molecular weight excluding hydrogens is 358 g/mol. The molecule has 0 saturated carbocycles. The molecule has 9 heteroatoms. The second kappa shape index (κ2) is 5.40. The van der Waals surface area contributed by atoms with E-state index in [1.54, 1.807) is 19.3 Å². The molecule has 1 aromatic carbocycles. The van der Waals surface area contributed by atoms with Crippen molar-refractivity contribution in [3.8, 4) is 5.88 Å². The molecule has 3 aromatic rings. The molecule has 0 amide bonds. The first-order chi connectivity index (χ1) is 10.7. The number of nitrogens with one attached hydrogen (secondary N) is 2. The van der Waals surface area contributed by atoms with Gasteiger partial charge in [-0.3, -0.25) is 4.57 Å². The van der Waals surface area contributed by atoms with Gasteiger partial charge in [0.25, 0.3) is 0 Å². The normalized spacial score (nSPS) is 12.1. The van der Waals surface area contributed by atoms with Gasteiger partial charge in [0.1, 0.15) is 0 Å². The smallest absolute Gasteiger partial charge is 0.213 e. The molecule has 0 aliphatic heterocycles. The number of hydrogen-bond donors (Lipinski definition) is 3. The second-order valence-corrected chi connectivity index (χ2v) is 8.19. The van der Waals surface area contributed by atoms with E-state index in [1.165, 1.54) is 10.6 Å². The minimum Gasteiger partial charge on any atom is -0.493 e. The van der Waals surface area contributed by atoms with Gasteiger partial charge < -0.3 is 15.1 Å². The summed E-state index contributed by atoms with van der Waals surface area (Å²) in [4.78, 5) is 6.13. The Morgan fingerprint density at radius 3 is 2.65 bits per heavy atom. The van der Waals surface area contributed by atoms with E-state index in [4.69, 9.17) is 23.8 Å². The molecule has 23 heavy (non-hydrogen) atoms. The third-order valence-electron chi connectivity index (χ3n) is 3.75. The van der Waals surface area contributed by atoms with Crippen LogP contribution in [-0.4, -0.2) is 34.3 Å². The van der Waals surface area contributed by atoms with Crippen LogP contribution in [0.3, 0.4) is 0 Å². The number of benzene rings is 1. The highest BCUT2D eigenvalue weighted by molar-refractivity contribution is 7.90. The lowest BCUT2D eigenvalue weighted by Gasteiger charge is -2.03. The van der Waals surface area contributed by atoms with Gasteiger partial charge in [-0.2, -0.15) is 0 Å². The van der Waals surface area contributed by atoms with Crippen LogP contribution in [0.1, 0.15) is 11.3 Å². The molecule has 0 fully saturated rings. The van der Waals surface area contributed by atoms with Crippen molar-refractivity contribution in [2.75, 3.05) is 6.26 Å². The van der Waals surface area contributed by atoms with Crippen LogP contribution in [0, 0.1) is 4.77 Å². The van der Waals surface area contributed by atoms with Gasteiger partial charge >= 0.3 is 0 Å². The van der Waals surface area contributed by atoms with Crippen molar-refractivity contribution in [3.63, 3.8) is 0 Å². The molecule has 0 unspecified atom stereocenters. The second-order valence-electron chi connectivity index (χ2n) is 5.38. The predicted molar refractivity (Wildman–Crippen MR) is 91.5 cm³/mol. The molecule has 0 atom stereocenters. The highest BCUT2D eigenvalue weighted by Gasteiger charge is 2.16. The zero-order chi connectivity index (χ0) is 16.9. The lowest BCUT2D eigenvalue weighted by atomic mass is 10.1. The number of imidazole rings is 1. The van der Waals surface area contributed by atoms with E-state index in [1.807, 2.05) is 0 Å². The van der Waals surface area contributed by atoms with E-state index in [0.717, 1.165) is 11.8 Å². The van der Waals surface area contributed by atoms with Crippen molar-refractivity contribution in [2.24, 2.45) is 7.05 Å². The number of aromatic hydroxyl groups is 1. The highest BCUT2D eigenvalue weighted by Crippen LogP contribution is 2.31. The van der Waals surface area contributed by atoms with Gasteiger partial charge in [-0.05, 0) is 29.9 Å². The SMILES string of the molecule is Cn1c(O)c(Cc2c[nH]c3c(Cl)cc(S(C)(=O)=O)cc23)[nH]c1=S. The highest BCUT2D eigenvalue weighted by atomic mass is 35.5. The molecule has 0 bridgehead atoms. The number of nitrogens with zero attached hydrogens (tertiary/aromatic N) is 1. The molecule has 2 aromatic heterocycles. The zero-order valence-corrected chi connectivity index (χ0v) is 14.7. The maximum absolute atomic E-state index is 11.8. The average molecular weight is 372 g/mol. The Labute approximate surface area is 142 Å². The summed E-state index contributed by atoms with van der Waals surface area (Å²) in [6.45, 7) is 0. The quantitative estimate of drug-likeness (QED) is 0.617. The number of rotatable bonds is 3. The van der Waals surface area contributed by atoms with Crippen LogP contribution < -0.4 is 0 Å². The molecule has 3 N–H and O–H groups in total. The van der Waals surface area contributed by atoms with Gasteiger partial charge in [0.15, 0.2) is 14.6 Å². The fourth-order valence-corrected chi connectivity index (χ4v) is 3.67. The number of sulfone groups is 1. The van der Waals surface area contributed by atoms with E-state index in [0.29, 0.717) is 32.8 Å². The summed E-state index contributed by atoms with van der Waals surface area (Å²) < 4.78 is 25.5. The number of aromatic nitrogens is 3. The topological polar surface area (TPSA) is 90.9 Å². The Hall–Kier alpha value is -1.77. The van der Waals surface area contributed by atoms with Crippen molar-refractivity contribution in [3.05, 3.63) is 39.4 Å². The number of hydrogen-bond acceptors (Lipinski definition) is 4. The van der Waals surface area contributed by atoms with E-state index in [2.05, 4.69) is 9.97 Å². The van der Waals surface area contributed by atoms with Gasteiger partial charge in [0.05, 0.1) is 21.1 Å². The summed E-state index contributed by atoms with van der Waals surface area (Å²) >= 11 is 11.3. The minimum atomic E-state index is -3.37. The lowest BCUT2D eigenvalue weighted by Crippen LogP contribution is -1.97. The van der Waals surface area contributed by atoms with Crippen molar-refractivity contribution >= 4 is 44.6 Å². The van der Waals surface area contributed by atoms with Crippen LogP contribution in [0.15, 0.2) is 23.2 Å². The van der Waals surface area contributed by atoms with Gasteiger partial charge in [-0.25, -0.2) is 8.42 Å². The first-order valence-corrected chi connectivity index (χ1v) is 9.32. The molecule has 6 nitrogen and oxygen atoms in total. The van der Waals surface area contributed by atoms with E-state index < -0.39 is 9.84 Å². The van der Waals surface area contributed by atoms with Crippen LogP contribution in [0.2, 0.25) is 5.02 Å². The van der Waals surface area contributed by atoms with Crippen molar-refractivity contribution < 1.29 is 13.5 Å². The number of H-pyrrole nitrogens is 2. The average Bonchev–Trinajstić information content (AvgIpc) is 2.97. The summed E-state index contributed by atoms with van der Waals surface area (Å²) in [5.74, 6) is 0.0507. The van der Waals surface area contributed by atoms with Crippen LogP contribution in [0.5, 0.6) is 5.88 Å². The molecule has 0 radical (unpaired) electrons. The van der Waals surface area contributed by atoms with Gasteiger partial charge in [-0.15, -0.1) is 0 Å². The monoisotopic (exact) mass is 371 g/mol. The fraction of sp³-hybridized carbons (Fsp3) is 0.214. The third-order valence-corrected chi connectivity index (χ3v) is 5.51. The molecule has 3 rings (SSSR count). The number of fused-ring (bicyclic) bond motifs is 1. The predicted octanol–water partition coefficient (Wildman–Crippen LogP) is 2.92. The Kier molecular flexibility index (Phi) is 3.78. The van der Waals surface area contributed by atoms with Crippen LogP contribution in [-0.2, 0) is 23.3 Å².